The number of nitrogens with zero attached hydrogens (tertiary/aromatic N) is 1. The summed E-state index contributed by atoms with van der Waals surface area (Å²) < 4.78 is 1.08. The van der Waals surface area contributed by atoms with Gasteiger partial charge in [-0.2, -0.15) is 0 Å². The third kappa shape index (κ3) is 6.83. The molecule has 0 aromatic heterocycles. The molecular weight excluding hydrogens is 427 g/mol. The lowest BCUT2D eigenvalue weighted by atomic mass is 9.92. The van der Waals surface area contributed by atoms with Gasteiger partial charge in [-0.15, -0.1) is 0 Å². The van der Waals surface area contributed by atoms with Crippen LogP contribution in [-0.2, 0) is 6.42 Å². The maximum absolute atomic E-state index is 12.5. The Morgan fingerprint density at radius 3 is 2.45 bits per heavy atom. The van der Waals surface area contributed by atoms with Gasteiger partial charge in [0.1, 0.15) is 0 Å². The zero-order valence-corrected chi connectivity index (χ0v) is 20.2. The van der Waals surface area contributed by atoms with Gasteiger partial charge in [0.2, 0.25) is 0 Å². The summed E-state index contributed by atoms with van der Waals surface area (Å²) in [5.41, 5.74) is 3.64. The van der Waals surface area contributed by atoms with E-state index in [1.807, 2.05) is 25.1 Å². The van der Waals surface area contributed by atoms with Crippen LogP contribution in [0, 0.1) is 6.92 Å². The van der Waals surface area contributed by atoms with Gasteiger partial charge in [-0.1, -0.05) is 42.8 Å². The van der Waals surface area contributed by atoms with E-state index in [-0.39, 0.29) is 18.3 Å². The van der Waals surface area contributed by atoms with Gasteiger partial charge in [-0.25, -0.2) is 0 Å². The number of aryl methyl sites for hydroxylation is 1. The van der Waals surface area contributed by atoms with Crippen LogP contribution in [0.3, 0.4) is 0 Å². The quantitative estimate of drug-likeness (QED) is 0.474. The summed E-state index contributed by atoms with van der Waals surface area (Å²) in [6.07, 6.45) is 9.86. The predicted molar refractivity (Wildman–Crippen MR) is 127 cm³/mol. The third-order valence-corrected chi connectivity index (χ3v) is 6.97. The van der Waals surface area contributed by atoms with Crippen molar-refractivity contribution in [3.8, 4) is 0 Å². The molecule has 3 rings (SSSR count). The van der Waals surface area contributed by atoms with Gasteiger partial charge in [-0.3, -0.25) is 4.79 Å². The Bertz CT molecular complexity index is 875. The first-order valence-corrected chi connectivity index (χ1v) is 11.4. The zero-order valence-electron chi connectivity index (χ0n) is 18.7. The van der Waals surface area contributed by atoms with Crippen LogP contribution in [0.4, 0.5) is 5.69 Å². The van der Waals surface area contributed by atoms with E-state index in [9.17, 15) is 4.79 Å². The molecule has 2 aromatic carbocycles. The number of hydrogen-bond donors (Lipinski definition) is 1. The molecule has 1 atom stereocenters. The van der Waals surface area contributed by atoms with Gasteiger partial charge in [0.05, 0.1) is 26.2 Å². The Balaban J connectivity index is 0.00000341. The van der Waals surface area contributed by atoms with Crippen LogP contribution >= 0.6 is 11.6 Å². The van der Waals surface area contributed by atoms with Crippen LogP contribution in [0.2, 0.25) is 5.02 Å². The van der Waals surface area contributed by atoms with Crippen molar-refractivity contribution in [2.75, 3.05) is 25.5 Å². The number of amides is 1. The molecule has 31 heavy (non-hydrogen) atoms. The number of halogens is 2. The standard InChI is InChI=1S/C26H33ClN2O.ClH/c1-4-17-29(3,24-8-6-5-7-9-24)18-16-21-11-14-23(15-12-21)28-26(30)22-13-10-20(2)25(27)19-22;/h4,10-15,19,24H,1,5-9,16-18H2,2-3H3;1H. The Morgan fingerprint density at radius 2 is 1.84 bits per heavy atom. The lowest BCUT2D eigenvalue weighted by Crippen LogP contribution is -3.00. The van der Waals surface area contributed by atoms with Crippen LogP contribution in [0.5, 0.6) is 0 Å². The molecule has 0 saturated heterocycles. The Labute approximate surface area is 198 Å². The second kappa shape index (κ2) is 11.7. The van der Waals surface area contributed by atoms with Crippen molar-refractivity contribution in [3.63, 3.8) is 0 Å². The molecule has 2 aromatic rings. The van der Waals surface area contributed by atoms with E-state index in [1.54, 1.807) is 12.1 Å². The first-order chi connectivity index (χ1) is 14.4. The van der Waals surface area contributed by atoms with Gasteiger partial charge in [0.25, 0.3) is 5.91 Å². The average Bonchev–Trinajstić information content (AvgIpc) is 2.76. The Kier molecular flexibility index (Phi) is 9.61. The molecule has 0 heterocycles. The number of nitrogens with one attached hydrogen (secondary N) is 1. The highest BCUT2D eigenvalue weighted by atomic mass is 35.5. The Morgan fingerprint density at radius 1 is 1.16 bits per heavy atom. The van der Waals surface area contributed by atoms with Crippen LogP contribution in [0.1, 0.15) is 53.6 Å². The van der Waals surface area contributed by atoms with Gasteiger partial charge >= 0.3 is 0 Å². The molecule has 0 spiro atoms. The SMILES string of the molecule is C=CC[N+](C)(CCc1ccc(NC(=O)c2ccc(C)c(Cl)c2)cc1)C1CCCCC1.[Cl-]. The highest BCUT2D eigenvalue weighted by molar-refractivity contribution is 6.31. The Hall–Kier alpha value is -1.81. The van der Waals surface area contributed by atoms with E-state index in [1.165, 1.54) is 37.7 Å². The normalized spacial score (nSPS) is 16.1. The van der Waals surface area contributed by atoms with Gasteiger partial charge in [0, 0.05) is 22.7 Å². The highest BCUT2D eigenvalue weighted by Gasteiger charge is 2.32. The molecule has 168 valence electrons. The van der Waals surface area contributed by atoms with Crippen molar-refractivity contribution < 1.29 is 21.7 Å². The zero-order chi connectivity index (χ0) is 21.6. The smallest absolute Gasteiger partial charge is 0.255 e. The predicted octanol–water partition coefficient (Wildman–Crippen LogP) is 3.41. The molecule has 1 aliphatic carbocycles. The number of rotatable bonds is 8. The minimum Gasteiger partial charge on any atom is -1.00 e. The van der Waals surface area contributed by atoms with E-state index in [4.69, 9.17) is 11.6 Å². The fourth-order valence-electron chi connectivity index (χ4n) is 4.50. The maximum Gasteiger partial charge on any atom is 0.255 e. The summed E-state index contributed by atoms with van der Waals surface area (Å²) in [5.74, 6) is -0.142. The first-order valence-electron chi connectivity index (χ1n) is 11.0. The number of benzene rings is 2. The van der Waals surface area contributed by atoms with Crippen molar-refractivity contribution in [1.82, 2.24) is 0 Å². The van der Waals surface area contributed by atoms with Crippen molar-refractivity contribution in [3.05, 3.63) is 76.8 Å². The van der Waals surface area contributed by atoms with Crippen LogP contribution in [0.25, 0.3) is 0 Å². The van der Waals surface area contributed by atoms with Gasteiger partial charge < -0.3 is 22.2 Å². The number of quaternary nitrogens is 1. The van der Waals surface area contributed by atoms with E-state index in [0.717, 1.165) is 41.3 Å². The summed E-state index contributed by atoms with van der Waals surface area (Å²) >= 11 is 6.14. The number of anilines is 1. The van der Waals surface area contributed by atoms with Crippen molar-refractivity contribution in [1.29, 1.82) is 0 Å². The molecule has 1 saturated carbocycles. The minimum absolute atomic E-state index is 0. The summed E-state index contributed by atoms with van der Waals surface area (Å²) in [7, 11) is 2.39. The number of hydrogen-bond acceptors (Lipinski definition) is 1. The maximum atomic E-state index is 12.5. The largest absolute Gasteiger partial charge is 1.00 e. The summed E-state index contributed by atoms with van der Waals surface area (Å²) in [5, 5.41) is 3.57. The fourth-order valence-corrected chi connectivity index (χ4v) is 4.68. The summed E-state index contributed by atoms with van der Waals surface area (Å²) in [4.78, 5) is 12.5. The molecular formula is C26H34Cl2N2O. The lowest BCUT2D eigenvalue weighted by Gasteiger charge is -2.43. The molecule has 0 aliphatic heterocycles. The number of likely N-dealkylation sites (N-methyl/N-ethyl adjacent to an activating group) is 1. The topological polar surface area (TPSA) is 29.1 Å². The lowest BCUT2D eigenvalue weighted by molar-refractivity contribution is -0.929. The molecule has 1 unspecified atom stereocenters. The van der Waals surface area contributed by atoms with E-state index in [2.05, 4.69) is 37.2 Å². The van der Waals surface area contributed by atoms with Crippen molar-refractivity contribution >= 4 is 23.2 Å². The fraction of sp³-hybridized carbons (Fsp3) is 0.423. The van der Waals surface area contributed by atoms with Crippen LogP contribution < -0.4 is 17.7 Å². The molecule has 1 aliphatic rings. The average molecular weight is 461 g/mol. The second-order valence-corrected chi connectivity index (χ2v) is 9.24. The summed E-state index contributed by atoms with van der Waals surface area (Å²) in [6.45, 7) is 8.07. The molecule has 3 nitrogen and oxygen atoms in total. The molecule has 1 amide bonds. The summed E-state index contributed by atoms with van der Waals surface area (Å²) in [6, 6.07) is 14.3. The molecule has 1 fully saturated rings. The van der Waals surface area contributed by atoms with E-state index < -0.39 is 0 Å². The van der Waals surface area contributed by atoms with E-state index >= 15 is 0 Å². The van der Waals surface area contributed by atoms with Crippen LogP contribution in [-0.4, -0.2) is 36.6 Å². The molecule has 0 bridgehead atoms. The number of carbonyl (C=O) groups excluding carboxylic acids is 1. The highest BCUT2D eigenvalue weighted by Crippen LogP contribution is 2.28. The molecule has 5 heteroatoms. The molecule has 1 N–H and O–H groups in total. The number of carbonyl (C=O) groups is 1. The van der Waals surface area contributed by atoms with E-state index in [0.29, 0.717) is 10.6 Å². The van der Waals surface area contributed by atoms with Crippen molar-refractivity contribution in [2.45, 2.75) is 51.5 Å². The first kappa shape index (κ1) is 25.5. The monoisotopic (exact) mass is 460 g/mol. The van der Waals surface area contributed by atoms with Gasteiger partial charge in [-0.05, 0) is 74.1 Å². The molecule has 0 radical (unpaired) electrons. The second-order valence-electron chi connectivity index (χ2n) is 8.83. The minimum atomic E-state index is -0.142. The van der Waals surface area contributed by atoms with Gasteiger partial charge in [0.15, 0.2) is 0 Å². The third-order valence-electron chi connectivity index (χ3n) is 6.56. The van der Waals surface area contributed by atoms with Crippen LogP contribution in [0.15, 0.2) is 55.1 Å². The van der Waals surface area contributed by atoms with Crippen molar-refractivity contribution in [2.24, 2.45) is 0 Å².